The van der Waals surface area contributed by atoms with Gasteiger partial charge in [0.1, 0.15) is 11.3 Å². The Kier molecular flexibility index (Phi) is 4.04. The summed E-state index contributed by atoms with van der Waals surface area (Å²) in [4.78, 5) is 4.59. The molecule has 4 heteroatoms. The molecule has 1 aromatic carbocycles. The van der Waals surface area contributed by atoms with Crippen LogP contribution >= 0.6 is 0 Å². The fourth-order valence-electron chi connectivity index (χ4n) is 3.73. The highest BCUT2D eigenvalue weighted by atomic mass is 16.5. The highest BCUT2D eigenvalue weighted by Crippen LogP contribution is 2.40. The second kappa shape index (κ2) is 5.96. The summed E-state index contributed by atoms with van der Waals surface area (Å²) in [7, 11) is 0. The maximum absolute atomic E-state index is 6.26. The van der Waals surface area contributed by atoms with Crippen molar-refractivity contribution in [3.8, 4) is 5.75 Å². The molecule has 0 spiro atoms. The van der Waals surface area contributed by atoms with Crippen LogP contribution in [-0.2, 0) is 0 Å². The van der Waals surface area contributed by atoms with E-state index in [-0.39, 0.29) is 0 Å². The summed E-state index contributed by atoms with van der Waals surface area (Å²) in [5.74, 6) is 2.17. The van der Waals surface area contributed by atoms with Crippen molar-refractivity contribution < 1.29 is 4.74 Å². The van der Waals surface area contributed by atoms with Crippen LogP contribution in [0.2, 0.25) is 0 Å². The van der Waals surface area contributed by atoms with Gasteiger partial charge in [0.05, 0.1) is 12.1 Å². The van der Waals surface area contributed by atoms with Gasteiger partial charge in [-0.15, -0.1) is 0 Å². The van der Waals surface area contributed by atoms with Gasteiger partial charge in [-0.3, -0.25) is 0 Å². The van der Waals surface area contributed by atoms with Crippen molar-refractivity contribution in [1.82, 2.24) is 9.55 Å². The molecule has 1 saturated carbocycles. The zero-order chi connectivity index (χ0) is 14.8. The number of benzene rings is 1. The fourth-order valence-corrected chi connectivity index (χ4v) is 3.73. The van der Waals surface area contributed by atoms with Crippen LogP contribution in [0.25, 0.3) is 11.0 Å². The van der Waals surface area contributed by atoms with E-state index in [1.54, 1.807) is 0 Å². The minimum absolute atomic E-state index is 0.477. The van der Waals surface area contributed by atoms with Gasteiger partial charge in [-0.25, -0.2) is 4.98 Å². The molecule has 2 unspecified atom stereocenters. The molecule has 2 atom stereocenters. The second-order valence-electron chi connectivity index (χ2n) is 5.92. The average molecular weight is 287 g/mol. The van der Waals surface area contributed by atoms with E-state index in [0.29, 0.717) is 24.5 Å². The lowest BCUT2D eigenvalue weighted by molar-refractivity contribution is 0.239. The van der Waals surface area contributed by atoms with E-state index in [1.165, 1.54) is 32.1 Å². The van der Waals surface area contributed by atoms with Gasteiger partial charge in [-0.05, 0) is 37.8 Å². The lowest BCUT2D eigenvalue weighted by Crippen LogP contribution is -2.23. The third-order valence-corrected chi connectivity index (χ3v) is 4.74. The molecule has 0 aliphatic heterocycles. The molecule has 1 aliphatic carbocycles. The van der Waals surface area contributed by atoms with Crippen LogP contribution < -0.4 is 10.5 Å². The largest absolute Gasteiger partial charge is 0.492 e. The fraction of sp³-hybridized carbons (Fsp3) is 0.588. The van der Waals surface area contributed by atoms with Gasteiger partial charge in [-0.2, -0.15) is 0 Å². The smallest absolute Gasteiger partial charge is 0.201 e. The second-order valence-corrected chi connectivity index (χ2v) is 5.92. The predicted molar refractivity (Wildman–Crippen MR) is 86.6 cm³/mol. The molecule has 1 heterocycles. The Bertz CT molecular complexity index is 620. The molecule has 3 rings (SSSR count). The SMILES string of the molecule is CCOc1cccc2c1nc(N)n2C1CCCCC1CC. The van der Waals surface area contributed by atoms with Gasteiger partial charge in [0.25, 0.3) is 0 Å². The summed E-state index contributed by atoms with van der Waals surface area (Å²) in [6.45, 7) is 4.92. The Morgan fingerprint density at radius 1 is 1.29 bits per heavy atom. The van der Waals surface area contributed by atoms with Gasteiger partial charge in [0, 0.05) is 6.04 Å². The third-order valence-electron chi connectivity index (χ3n) is 4.74. The minimum Gasteiger partial charge on any atom is -0.492 e. The average Bonchev–Trinajstić information content (AvgIpc) is 2.84. The maximum atomic E-state index is 6.26. The van der Waals surface area contributed by atoms with Crippen molar-refractivity contribution in [2.45, 2.75) is 52.0 Å². The van der Waals surface area contributed by atoms with E-state index in [2.05, 4.69) is 22.5 Å². The van der Waals surface area contributed by atoms with Crippen molar-refractivity contribution in [3.05, 3.63) is 18.2 Å². The molecule has 2 aromatic rings. The van der Waals surface area contributed by atoms with Gasteiger partial charge in [-0.1, -0.05) is 32.3 Å². The van der Waals surface area contributed by atoms with Gasteiger partial charge < -0.3 is 15.0 Å². The molecular weight excluding hydrogens is 262 g/mol. The Balaban J connectivity index is 2.09. The summed E-state index contributed by atoms with van der Waals surface area (Å²) in [5.41, 5.74) is 8.28. The Labute approximate surface area is 126 Å². The third kappa shape index (κ3) is 2.47. The summed E-state index contributed by atoms with van der Waals surface area (Å²) in [5, 5.41) is 0. The number of para-hydroxylation sites is 1. The minimum atomic E-state index is 0.477. The number of fused-ring (bicyclic) bond motifs is 1. The van der Waals surface area contributed by atoms with Crippen LogP contribution in [0.4, 0.5) is 5.95 Å². The molecule has 2 N–H and O–H groups in total. The first-order chi connectivity index (χ1) is 10.3. The maximum Gasteiger partial charge on any atom is 0.201 e. The number of ether oxygens (including phenoxy) is 1. The molecule has 1 fully saturated rings. The highest BCUT2D eigenvalue weighted by molar-refractivity contribution is 5.84. The zero-order valence-electron chi connectivity index (χ0n) is 13.0. The first-order valence-corrected chi connectivity index (χ1v) is 8.15. The Hall–Kier alpha value is -1.71. The van der Waals surface area contributed by atoms with Crippen LogP contribution in [0, 0.1) is 5.92 Å². The first kappa shape index (κ1) is 14.2. The molecule has 1 aliphatic rings. The number of hydrogen-bond acceptors (Lipinski definition) is 3. The number of hydrogen-bond donors (Lipinski definition) is 1. The Morgan fingerprint density at radius 3 is 2.86 bits per heavy atom. The standard InChI is InChI=1S/C17H25N3O/c1-3-12-8-5-6-9-13(12)20-14-10-7-11-15(21-4-2)16(14)19-17(20)18/h7,10-13H,3-6,8-9H2,1-2H3,(H2,18,19). The number of aromatic nitrogens is 2. The molecule has 21 heavy (non-hydrogen) atoms. The molecule has 1 aromatic heterocycles. The molecular formula is C17H25N3O. The van der Waals surface area contributed by atoms with Crippen LogP contribution in [0.1, 0.15) is 52.0 Å². The number of nitrogens with zero attached hydrogens (tertiary/aromatic N) is 2. The summed E-state index contributed by atoms with van der Waals surface area (Å²) >= 11 is 0. The van der Waals surface area contributed by atoms with E-state index in [1.807, 2.05) is 19.1 Å². The first-order valence-electron chi connectivity index (χ1n) is 8.15. The molecule has 4 nitrogen and oxygen atoms in total. The van der Waals surface area contributed by atoms with Crippen molar-refractivity contribution in [3.63, 3.8) is 0 Å². The van der Waals surface area contributed by atoms with Gasteiger partial charge in [0.15, 0.2) is 0 Å². The summed E-state index contributed by atoms with van der Waals surface area (Å²) in [6, 6.07) is 6.60. The molecule has 0 radical (unpaired) electrons. The molecule has 0 amide bonds. The van der Waals surface area contributed by atoms with Crippen LogP contribution in [0.15, 0.2) is 18.2 Å². The number of imidazole rings is 1. The molecule has 0 saturated heterocycles. The van der Waals surface area contributed by atoms with Crippen LogP contribution in [-0.4, -0.2) is 16.2 Å². The quantitative estimate of drug-likeness (QED) is 0.918. The highest BCUT2D eigenvalue weighted by Gasteiger charge is 2.28. The zero-order valence-corrected chi connectivity index (χ0v) is 13.0. The van der Waals surface area contributed by atoms with Crippen molar-refractivity contribution in [2.24, 2.45) is 5.92 Å². The molecule has 0 bridgehead atoms. The topological polar surface area (TPSA) is 53.1 Å². The van der Waals surface area contributed by atoms with Crippen LogP contribution in [0.5, 0.6) is 5.75 Å². The van der Waals surface area contributed by atoms with Gasteiger partial charge in [0.2, 0.25) is 5.95 Å². The number of nitrogens with two attached hydrogens (primary N) is 1. The number of nitrogen functional groups attached to an aromatic ring is 1. The van der Waals surface area contributed by atoms with E-state index in [9.17, 15) is 0 Å². The lowest BCUT2D eigenvalue weighted by Gasteiger charge is -2.32. The normalized spacial score (nSPS) is 22.6. The van der Waals surface area contributed by atoms with Crippen LogP contribution in [0.3, 0.4) is 0 Å². The van der Waals surface area contributed by atoms with E-state index in [4.69, 9.17) is 10.5 Å². The predicted octanol–water partition coefficient (Wildman–Crippen LogP) is 4.16. The summed E-state index contributed by atoms with van der Waals surface area (Å²) < 4.78 is 7.95. The van der Waals surface area contributed by atoms with E-state index in [0.717, 1.165) is 16.8 Å². The summed E-state index contributed by atoms with van der Waals surface area (Å²) in [6.07, 6.45) is 6.32. The lowest BCUT2D eigenvalue weighted by atomic mass is 9.82. The number of rotatable bonds is 4. The van der Waals surface area contributed by atoms with E-state index >= 15 is 0 Å². The van der Waals surface area contributed by atoms with Crippen molar-refractivity contribution in [1.29, 1.82) is 0 Å². The van der Waals surface area contributed by atoms with Crippen molar-refractivity contribution in [2.75, 3.05) is 12.3 Å². The molecule has 114 valence electrons. The van der Waals surface area contributed by atoms with Gasteiger partial charge >= 0.3 is 0 Å². The van der Waals surface area contributed by atoms with E-state index < -0.39 is 0 Å². The monoisotopic (exact) mass is 287 g/mol. The number of anilines is 1. The van der Waals surface area contributed by atoms with Crippen molar-refractivity contribution >= 4 is 17.0 Å². The Morgan fingerprint density at radius 2 is 2.10 bits per heavy atom.